The van der Waals surface area contributed by atoms with Crippen molar-refractivity contribution in [2.24, 2.45) is 0 Å². The molecule has 0 saturated carbocycles. The smallest absolute Gasteiger partial charge is 0.0603 e. The van der Waals surface area contributed by atoms with Crippen LogP contribution >= 0.6 is 0 Å². The highest BCUT2D eigenvalue weighted by atomic mass is 15.1. The topological polar surface area (TPSA) is 66.7 Å². The lowest BCUT2D eigenvalue weighted by Gasteiger charge is -2.11. The molecule has 0 atom stereocenters. The number of para-hydroxylation sites is 1. The number of nitrogens with zero attached hydrogens (tertiary/aromatic N) is 1. The van der Waals surface area contributed by atoms with Gasteiger partial charge in [-0.1, -0.05) is 12.1 Å². The quantitative estimate of drug-likeness (QED) is 0.559. The molecular weight excluding hydrogens is 224 g/mol. The summed E-state index contributed by atoms with van der Waals surface area (Å²) in [6, 6.07) is 5.97. The number of H-pyrrole nitrogens is 1. The van der Waals surface area contributed by atoms with Crippen molar-refractivity contribution in [3.8, 4) is 0 Å². The Morgan fingerprint density at radius 1 is 1.33 bits per heavy atom. The number of anilines is 2. The third-order valence-electron chi connectivity index (χ3n) is 3.16. The van der Waals surface area contributed by atoms with Crippen molar-refractivity contribution < 1.29 is 0 Å². The predicted octanol–water partition coefficient (Wildman–Crippen LogP) is 2.65. The van der Waals surface area contributed by atoms with Crippen LogP contribution in [0.2, 0.25) is 0 Å². The van der Waals surface area contributed by atoms with Crippen LogP contribution in [0.4, 0.5) is 11.4 Å². The number of aryl methyl sites for hydroxylation is 3. The van der Waals surface area contributed by atoms with Gasteiger partial charge >= 0.3 is 0 Å². The Kier molecular flexibility index (Phi) is 3.87. The van der Waals surface area contributed by atoms with Crippen molar-refractivity contribution in [3.63, 3.8) is 0 Å². The third-order valence-corrected chi connectivity index (χ3v) is 3.16. The van der Waals surface area contributed by atoms with E-state index < -0.39 is 0 Å². The van der Waals surface area contributed by atoms with E-state index in [9.17, 15) is 0 Å². The maximum Gasteiger partial charge on any atom is 0.0603 e. The minimum Gasteiger partial charge on any atom is -0.397 e. The summed E-state index contributed by atoms with van der Waals surface area (Å²) in [5.41, 5.74) is 11.4. The summed E-state index contributed by atoms with van der Waals surface area (Å²) >= 11 is 0. The van der Waals surface area contributed by atoms with E-state index in [1.807, 2.05) is 18.3 Å². The van der Waals surface area contributed by atoms with Crippen molar-refractivity contribution in [3.05, 3.63) is 41.2 Å². The summed E-state index contributed by atoms with van der Waals surface area (Å²) in [7, 11) is 0. The molecule has 0 saturated heterocycles. The Morgan fingerprint density at radius 3 is 2.83 bits per heavy atom. The molecule has 0 spiro atoms. The molecule has 0 aliphatic heterocycles. The summed E-state index contributed by atoms with van der Waals surface area (Å²) in [6.07, 6.45) is 3.99. The predicted molar refractivity (Wildman–Crippen MR) is 75.7 cm³/mol. The molecule has 0 aliphatic carbocycles. The van der Waals surface area contributed by atoms with E-state index in [2.05, 4.69) is 35.4 Å². The highest BCUT2D eigenvalue weighted by Gasteiger charge is 2.03. The van der Waals surface area contributed by atoms with Crippen molar-refractivity contribution in [1.29, 1.82) is 0 Å². The lowest BCUT2D eigenvalue weighted by atomic mass is 10.1. The van der Waals surface area contributed by atoms with Crippen molar-refractivity contribution in [1.82, 2.24) is 10.2 Å². The maximum atomic E-state index is 5.94. The fraction of sp³-hybridized carbons (Fsp3) is 0.357. The first-order valence-electron chi connectivity index (χ1n) is 6.26. The lowest BCUT2D eigenvalue weighted by molar-refractivity contribution is 0.857. The first kappa shape index (κ1) is 12.5. The largest absolute Gasteiger partial charge is 0.397 e. The first-order valence-corrected chi connectivity index (χ1v) is 6.26. The summed E-state index contributed by atoms with van der Waals surface area (Å²) in [5, 5.41) is 10.4. The molecule has 1 heterocycles. The van der Waals surface area contributed by atoms with Gasteiger partial charge in [-0.15, -0.1) is 0 Å². The number of nitrogen functional groups attached to an aromatic ring is 1. The van der Waals surface area contributed by atoms with Gasteiger partial charge in [-0.3, -0.25) is 5.10 Å². The SMILES string of the molecule is Cc1cccc(N)c1NCCCc1cn[nH]c1C. The monoisotopic (exact) mass is 244 g/mol. The number of hydrogen-bond donors (Lipinski definition) is 3. The maximum absolute atomic E-state index is 5.94. The molecule has 96 valence electrons. The zero-order valence-electron chi connectivity index (χ0n) is 11.0. The molecule has 4 heteroatoms. The molecular formula is C14H20N4. The standard InChI is InChI=1S/C14H20N4/c1-10-5-3-7-13(15)14(10)16-8-4-6-12-9-17-18-11(12)2/h3,5,7,9,16H,4,6,8,15H2,1-2H3,(H,17,18). The van der Waals surface area contributed by atoms with Crippen LogP contribution in [-0.4, -0.2) is 16.7 Å². The van der Waals surface area contributed by atoms with Crippen LogP contribution in [0.3, 0.4) is 0 Å². The van der Waals surface area contributed by atoms with E-state index in [0.717, 1.165) is 36.5 Å². The van der Waals surface area contributed by atoms with Crippen LogP contribution in [0, 0.1) is 13.8 Å². The van der Waals surface area contributed by atoms with E-state index in [-0.39, 0.29) is 0 Å². The molecule has 2 aromatic rings. The van der Waals surface area contributed by atoms with Crippen molar-refractivity contribution in [2.75, 3.05) is 17.6 Å². The summed E-state index contributed by atoms with van der Waals surface area (Å²) in [4.78, 5) is 0. The fourth-order valence-electron chi connectivity index (χ4n) is 2.05. The van der Waals surface area contributed by atoms with E-state index in [0.29, 0.717) is 0 Å². The van der Waals surface area contributed by atoms with E-state index in [4.69, 9.17) is 5.73 Å². The number of aromatic amines is 1. The zero-order chi connectivity index (χ0) is 13.0. The first-order chi connectivity index (χ1) is 8.68. The van der Waals surface area contributed by atoms with Crippen molar-refractivity contribution in [2.45, 2.75) is 26.7 Å². The Bertz CT molecular complexity index is 496. The van der Waals surface area contributed by atoms with Gasteiger partial charge in [0.15, 0.2) is 0 Å². The Labute approximate surface area is 108 Å². The number of aromatic nitrogens is 2. The van der Waals surface area contributed by atoms with Gasteiger partial charge in [-0.05, 0) is 43.9 Å². The van der Waals surface area contributed by atoms with Gasteiger partial charge < -0.3 is 11.1 Å². The molecule has 0 unspecified atom stereocenters. The molecule has 1 aromatic carbocycles. The molecule has 0 radical (unpaired) electrons. The highest BCUT2D eigenvalue weighted by Crippen LogP contribution is 2.22. The number of rotatable bonds is 5. The van der Waals surface area contributed by atoms with Crippen LogP contribution in [0.5, 0.6) is 0 Å². The second-order valence-electron chi connectivity index (χ2n) is 4.59. The van der Waals surface area contributed by atoms with Gasteiger partial charge in [0.25, 0.3) is 0 Å². The second-order valence-corrected chi connectivity index (χ2v) is 4.59. The summed E-state index contributed by atoms with van der Waals surface area (Å²) in [5.74, 6) is 0. The third kappa shape index (κ3) is 2.83. The molecule has 2 rings (SSSR count). The number of nitrogens with one attached hydrogen (secondary N) is 2. The second kappa shape index (κ2) is 5.58. The van der Waals surface area contributed by atoms with E-state index in [1.54, 1.807) is 0 Å². The van der Waals surface area contributed by atoms with Crippen LogP contribution < -0.4 is 11.1 Å². The molecule has 0 bridgehead atoms. The Balaban J connectivity index is 1.84. The minimum atomic E-state index is 0.814. The van der Waals surface area contributed by atoms with Gasteiger partial charge in [0, 0.05) is 12.2 Å². The molecule has 0 fully saturated rings. The minimum absolute atomic E-state index is 0.814. The lowest BCUT2D eigenvalue weighted by Crippen LogP contribution is -2.06. The summed E-state index contributed by atoms with van der Waals surface area (Å²) in [6.45, 7) is 5.04. The normalized spacial score (nSPS) is 10.6. The fourth-order valence-corrected chi connectivity index (χ4v) is 2.05. The Morgan fingerprint density at radius 2 is 2.17 bits per heavy atom. The van der Waals surface area contributed by atoms with Gasteiger partial charge in [-0.25, -0.2) is 0 Å². The van der Waals surface area contributed by atoms with Gasteiger partial charge in [-0.2, -0.15) is 5.10 Å². The number of hydrogen-bond acceptors (Lipinski definition) is 3. The average molecular weight is 244 g/mol. The average Bonchev–Trinajstić information content (AvgIpc) is 2.73. The molecule has 0 aliphatic rings. The number of nitrogens with two attached hydrogens (primary N) is 1. The van der Waals surface area contributed by atoms with Crippen LogP contribution in [0.15, 0.2) is 24.4 Å². The van der Waals surface area contributed by atoms with Crippen LogP contribution in [0.25, 0.3) is 0 Å². The van der Waals surface area contributed by atoms with Gasteiger partial charge in [0.05, 0.1) is 17.6 Å². The van der Waals surface area contributed by atoms with Crippen molar-refractivity contribution >= 4 is 11.4 Å². The van der Waals surface area contributed by atoms with Crippen LogP contribution in [0.1, 0.15) is 23.2 Å². The Hall–Kier alpha value is -1.97. The molecule has 1 aromatic heterocycles. The highest BCUT2D eigenvalue weighted by molar-refractivity contribution is 5.69. The molecule has 0 amide bonds. The molecule has 18 heavy (non-hydrogen) atoms. The molecule has 4 N–H and O–H groups in total. The van der Waals surface area contributed by atoms with Crippen LogP contribution in [-0.2, 0) is 6.42 Å². The van der Waals surface area contributed by atoms with Gasteiger partial charge in [0.2, 0.25) is 0 Å². The summed E-state index contributed by atoms with van der Waals surface area (Å²) < 4.78 is 0. The van der Waals surface area contributed by atoms with E-state index >= 15 is 0 Å². The van der Waals surface area contributed by atoms with Gasteiger partial charge in [0.1, 0.15) is 0 Å². The number of benzene rings is 1. The zero-order valence-corrected chi connectivity index (χ0v) is 11.0. The molecule has 4 nitrogen and oxygen atoms in total. The van der Waals surface area contributed by atoms with E-state index in [1.165, 1.54) is 11.1 Å².